The quantitative estimate of drug-likeness (QED) is 0.752. The second kappa shape index (κ2) is 6.62. The van der Waals surface area contributed by atoms with Gasteiger partial charge in [-0.25, -0.2) is 0 Å². The first-order valence-electron chi connectivity index (χ1n) is 7.50. The summed E-state index contributed by atoms with van der Waals surface area (Å²) in [5.41, 5.74) is 0.637. The number of likely N-dealkylation sites (tertiary alicyclic amines) is 1. The van der Waals surface area contributed by atoms with Crippen molar-refractivity contribution in [1.82, 2.24) is 4.90 Å². The van der Waals surface area contributed by atoms with E-state index in [4.69, 9.17) is 11.6 Å². The second-order valence-electron chi connectivity index (χ2n) is 6.12. The van der Waals surface area contributed by atoms with E-state index in [0.717, 1.165) is 37.8 Å². The molecule has 1 aliphatic heterocycles. The Morgan fingerprint density at radius 3 is 2.70 bits per heavy atom. The molecule has 1 saturated heterocycles. The number of rotatable bonds is 5. The van der Waals surface area contributed by atoms with Gasteiger partial charge in [-0.2, -0.15) is 0 Å². The third kappa shape index (κ3) is 3.17. The minimum Gasteiger partial charge on any atom is -0.339 e. The molecule has 1 heterocycles. The van der Waals surface area contributed by atoms with E-state index in [-0.39, 0.29) is 5.91 Å². The zero-order valence-corrected chi connectivity index (χ0v) is 13.2. The molecule has 0 radical (unpaired) electrons. The molecule has 2 nitrogen and oxygen atoms in total. The summed E-state index contributed by atoms with van der Waals surface area (Å²) in [4.78, 5) is 15.0. The Kier molecular flexibility index (Phi) is 5.09. The summed E-state index contributed by atoms with van der Waals surface area (Å²) < 4.78 is 0. The Balaban J connectivity index is 2.13. The SMILES string of the molecule is CC(C)(C(=O)N1CCCC1CCCCl)c1ccccc1. The summed E-state index contributed by atoms with van der Waals surface area (Å²) >= 11 is 5.79. The fourth-order valence-electron chi connectivity index (χ4n) is 3.05. The van der Waals surface area contributed by atoms with Crippen LogP contribution in [0.2, 0.25) is 0 Å². The molecule has 1 fully saturated rings. The minimum atomic E-state index is -0.454. The third-order valence-corrected chi connectivity index (χ3v) is 4.61. The van der Waals surface area contributed by atoms with Crippen LogP contribution in [0, 0.1) is 0 Å². The van der Waals surface area contributed by atoms with Gasteiger partial charge in [0.15, 0.2) is 0 Å². The molecular weight excluding hydrogens is 270 g/mol. The van der Waals surface area contributed by atoms with Crippen molar-refractivity contribution < 1.29 is 4.79 Å². The Morgan fingerprint density at radius 1 is 1.35 bits per heavy atom. The van der Waals surface area contributed by atoms with Crippen LogP contribution in [0.3, 0.4) is 0 Å². The van der Waals surface area contributed by atoms with Gasteiger partial charge in [-0.15, -0.1) is 11.6 Å². The average molecular weight is 294 g/mol. The standard InChI is InChI=1S/C17H24ClNO/c1-17(2,14-8-4-3-5-9-14)16(20)19-13-7-11-15(19)10-6-12-18/h3-5,8-9,15H,6-7,10-13H2,1-2H3. The van der Waals surface area contributed by atoms with E-state index >= 15 is 0 Å². The molecule has 1 atom stereocenters. The average Bonchev–Trinajstić information content (AvgIpc) is 2.93. The summed E-state index contributed by atoms with van der Waals surface area (Å²) in [6, 6.07) is 10.5. The predicted octanol–water partition coefficient (Wildman–Crippen LogP) is 3.97. The number of carbonyl (C=O) groups excluding carboxylic acids is 1. The first-order chi connectivity index (χ1) is 9.57. The van der Waals surface area contributed by atoms with Gasteiger partial charge in [0.2, 0.25) is 5.91 Å². The van der Waals surface area contributed by atoms with Crippen LogP contribution in [0.25, 0.3) is 0 Å². The zero-order chi connectivity index (χ0) is 14.6. The largest absolute Gasteiger partial charge is 0.339 e. The fraction of sp³-hybridized carbons (Fsp3) is 0.588. The van der Waals surface area contributed by atoms with Gasteiger partial charge < -0.3 is 4.90 Å². The summed E-state index contributed by atoms with van der Waals surface area (Å²) in [5.74, 6) is 0.932. The van der Waals surface area contributed by atoms with Crippen LogP contribution in [0.15, 0.2) is 30.3 Å². The van der Waals surface area contributed by atoms with Crippen LogP contribution in [0.4, 0.5) is 0 Å². The van der Waals surface area contributed by atoms with E-state index in [2.05, 4.69) is 4.90 Å². The second-order valence-corrected chi connectivity index (χ2v) is 6.49. The molecule has 1 unspecified atom stereocenters. The highest BCUT2D eigenvalue weighted by Gasteiger charge is 2.38. The Hall–Kier alpha value is -1.02. The third-order valence-electron chi connectivity index (χ3n) is 4.34. The number of amides is 1. The Morgan fingerprint density at radius 2 is 2.05 bits per heavy atom. The number of nitrogens with zero attached hydrogens (tertiary/aromatic N) is 1. The number of hydrogen-bond donors (Lipinski definition) is 0. The lowest BCUT2D eigenvalue weighted by atomic mass is 9.83. The lowest BCUT2D eigenvalue weighted by Gasteiger charge is -2.33. The van der Waals surface area contributed by atoms with Gasteiger partial charge >= 0.3 is 0 Å². The lowest BCUT2D eigenvalue weighted by molar-refractivity contribution is -0.137. The molecule has 0 spiro atoms. The molecule has 0 aromatic heterocycles. The number of carbonyl (C=O) groups is 1. The predicted molar refractivity (Wildman–Crippen MR) is 84.2 cm³/mol. The molecule has 2 rings (SSSR count). The molecule has 0 bridgehead atoms. The molecule has 1 amide bonds. The molecule has 20 heavy (non-hydrogen) atoms. The molecule has 1 aliphatic rings. The monoisotopic (exact) mass is 293 g/mol. The van der Waals surface area contributed by atoms with Crippen molar-refractivity contribution in [2.75, 3.05) is 12.4 Å². The van der Waals surface area contributed by atoms with Crippen LogP contribution >= 0.6 is 11.6 Å². The van der Waals surface area contributed by atoms with Crippen molar-refractivity contribution in [3.8, 4) is 0 Å². The Labute approximate surface area is 127 Å². The van der Waals surface area contributed by atoms with Crippen molar-refractivity contribution >= 4 is 17.5 Å². The first-order valence-corrected chi connectivity index (χ1v) is 8.03. The van der Waals surface area contributed by atoms with E-state index < -0.39 is 5.41 Å². The van der Waals surface area contributed by atoms with E-state index in [1.165, 1.54) is 0 Å². The molecule has 0 saturated carbocycles. The van der Waals surface area contributed by atoms with Gasteiger partial charge in [0, 0.05) is 18.5 Å². The van der Waals surface area contributed by atoms with Crippen LogP contribution in [-0.4, -0.2) is 29.3 Å². The summed E-state index contributed by atoms with van der Waals surface area (Å²) in [6.45, 7) is 4.95. The Bertz CT molecular complexity index is 444. The van der Waals surface area contributed by atoms with E-state index in [1.54, 1.807) is 0 Å². The molecule has 110 valence electrons. The van der Waals surface area contributed by atoms with Crippen molar-refractivity contribution in [3.63, 3.8) is 0 Å². The van der Waals surface area contributed by atoms with Gasteiger partial charge in [0.05, 0.1) is 5.41 Å². The maximum atomic E-state index is 12.9. The summed E-state index contributed by atoms with van der Waals surface area (Å²) in [5, 5.41) is 0. The van der Waals surface area contributed by atoms with Gasteiger partial charge in [0.1, 0.15) is 0 Å². The van der Waals surface area contributed by atoms with Crippen LogP contribution in [0.5, 0.6) is 0 Å². The van der Waals surface area contributed by atoms with Gasteiger partial charge in [0.25, 0.3) is 0 Å². The van der Waals surface area contributed by atoms with Crippen LogP contribution in [0.1, 0.15) is 45.1 Å². The topological polar surface area (TPSA) is 20.3 Å². The summed E-state index contributed by atoms with van der Waals surface area (Å²) in [7, 11) is 0. The highest BCUT2D eigenvalue weighted by atomic mass is 35.5. The fourth-order valence-corrected chi connectivity index (χ4v) is 3.21. The van der Waals surface area contributed by atoms with Gasteiger partial charge in [-0.1, -0.05) is 30.3 Å². The maximum Gasteiger partial charge on any atom is 0.232 e. The molecular formula is C17H24ClNO. The number of halogens is 1. The smallest absolute Gasteiger partial charge is 0.232 e. The van der Waals surface area contributed by atoms with Crippen molar-refractivity contribution in [1.29, 1.82) is 0 Å². The van der Waals surface area contributed by atoms with Crippen LogP contribution < -0.4 is 0 Å². The minimum absolute atomic E-state index is 0.251. The summed E-state index contributed by atoms with van der Waals surface area (Å²) in [6.07, 6.45) is 4.25. The number of alkyl halides is 1. The maximum absolute atomic E-state index is 12.9. The first kappa shape index (κ1) is 15.4. The van der Waals surface area contributed by atoms with Crippen molar-refractivity contribution in [2.24, 2.45) is 0 Å². The van der Waals surface area contributed by atoms with Gasteiger partial charge in [-0.05, 0) is 45.1 Å². The van der Waals surface area contributed by atoms with E-state index in [0.29, 0.717) is 11.9 Å². The molecule has 1 aromatic rings. The highest BCUT2D eigenvalue weighted by Crippen LogP contribution is 2.31. The molecule has 0 aliphatic carbocycles. The van der Waals surface area contributed by atoms with Crippen molar-refractivity contribution in [2.45, 2.75) is 51.0 Å². The number of hydrogen-bond acceptors (Lipinski definition) is 1. The normalized spacial score (nSPS) is 19.4. The van der Waals surface area contributed by atoms with Gasteiger partial charge in [-0.3, -0.25) is 4.79 Å². The highest BCUT2D eigenvalue weighted by molar-refractivity contribution is 6.17. The zero-order valence-electron chi connectivity index (χ0n) is 12.4. The molecule has 0 N–H and O–H groups in total. The molecule has 1 aromatic carbocycles. The van der Waals surface area contributed by atoms with Crippen LogP contribution in [-0.2, 0) is 10.2 Å². The lowest BCUT2D eigenvalue weighted by Crippen LogP contribution is -2.45. The molecule has 3 heteroatoms. The number of benzene rings is 1. The van der Waals surface area contributed by atoms with Crippen molar-refractivity contribution in [3.05, 3.63) is 35.9 Å². The van der Waals surface area contributed by atoms with E-state index in [9.17, 15) is 4.79 Å². The van der Waals surface area contributed by atoms with E-state index in [1.807, 2.05) is 44.2 Å².